The van der Waals surface area contributed by atoms with Crippen molar-refractivity contribution in [3.63, 3.8) is 0 Å². The Morgan fingerprint density at radius 3 is 2.28 bits per heavy atom. The Kier molecular flexibility index (Phi) is 6.11. The smallest absolute Gasteiger partial charge is 0.315 e. The monoisotopic (exact) mass is 340 g/mol. The van der Waals surface area contributed by atoms with Crippen molar-refractivity contribution >= 4 is 17.6 Å². The van der Waals surface area contributed by atoms with E-state index in [-0.39, 0.29) is 17.5 Å². The molecule has 2 rings (SSSR count). The number of carbonyl (C=O) groups excluding carboxylic acids is 2. The number of amides is 3. The molecule has 2 aromatic rings. The molecule has 0 radical (unpaired) electrons. The third-order valence-corrected chi connectivity index (χ3v) is 3.34. The van der Waals surface area contributed by atoms with Crippen LogP contribution in [0.1, 0.15) is 26.3 Å². The van der Waals surface area contributed by atoms with E-state index < -0.39 is 6.04 Å². The van der Waals surface area contributed by atoms with Crippen molar-refractivity contribution in [2.45, 2.75) is 38.8 Å². The zero-order valence-electron chi connectivity index (χ0n) is 14.7. The standard InChI is InChI=1S/C19H24N4O2/c1-19(2,3)23-18(25)22-16(13-14-7-5-4-6-8-14)17(24)21-15-9-11-20-12-10-15/h4-12,16H,13H2,1-3H3,(H,20,21,24)(H2,22,23,25)/t16-/m0/s1. The van der Waals surface area contributed by atoms with E-state index in [9.17, 15) is 9.59 Å². The van der Waals surface area contributed by atoms with Gasteiger partial charge in [-0.25, -0.2) is 4.79 Å². The average molecular weight is 340 g/mol. The minimum atomic E-state index is -0.696. The lowest BCUT2D eigenvalue weighted by Crippen LogP contribution is -2.53. The van der Waals surface area contributed by atoms with Crippen molar-refractivity contribution in [1.82, 2.24) is 15.6 Å². The van der Waals surface area contributed by atoms with Gasteiger partial charge in [0, 0.05) is 30.0 Å². The number of urea groups is 1. The normalized spacial score (nSPS) is 12.1. The number of pyridine rings is 1. The highest BCUT2D eigenvalue weighted by Crippen LogP contribution is 2.08. The van der Waals surface area contributed by atoms with E-state index in [0.29, 0.717) is 12.1 Å². The molecule has 0 aliphatic heterocycles. The molecule has 1 heterocycles. The Morgan fingerprint density at radius 1 is 1.04 bits per heavy atom. The summed E-state index contributed by atoms with van der Waals surface area (Å²) in [7, 11) is 0. The number of hydrogen-bond donors (Lipinski definition) is 3. The second kappa shape index (κ2) is 8.28. The van der Waals surface area contributed by atoms with Gasteiger partial charge in [-0.3, -0.25) is 9.78 Å². The molecular formula is C19H24N4O2. The van der Waals surface area contributed by atoms with E-state index in [1.807, 2.05) is 51.1 Å². The van der Waals surface area contributed by atoms with Gasteiger partial charge in [0.15, 0.2) is 0 Å². The van der Waals surface area contributed by atoms with Gasteiger partial charge in [0.05, 0.1) is 0 Å². The summed E-state index contributed by atoms with van der Waals surface area (Å²) in [5.74, 6) is -0.279. The van der Waals surface area contributed by atoms with Gasteiger partial charge in [-0.15, -0.1) is 0 Å². The summed E-state index contributed by atoms with van der Waals surface area (Å²) >= 11 is 0. The fraction of sp³-hybridized carbons (Fsp3) is 0.316. The number of carbonyl (C=O) groups is 2. The summed E-state index contributed by atoms with van der Waals surface area (Å²) in [4.78, 5) is 28.8. The summed E-state index contributed by atoms with van der Waals surface area (Å²) in [6, 6.07) is 11.9. The zero-order valence-corrected chi connectivity index (χ0v) is 14.7. The largest absolute Gasteiger partial charge is 0.334 e. The third kappa shape index (κ3) is 6.63. The Hall–Kier alpha value is -2.89. The first kappa shape index (κ1) is 18.4. The molecule has 1 aromatic carbocycles. The molecule has 0 saturated carbocycles. The molecule has 1 aromatic heterocycles. The van der Waals surface area contributed by atoms with E-state index in [0.717, 1.165) is 5.56 Å². The number of nitrogens with zero attached hydrogens (tertiary/aromatic N) is 1. The van der Waals surface area contributed by atoms with Crippen molar-refractivity contribution in [2.24, 2.45) is 0 Å². The summed E-state index contributed by atoms with van der Waals surface area (Å²) in [6.07, 6.45) is 3.60. The van der Waals surface area contributed by atoms with Crippen molar-refractivity contribution in [1.29, 1.82) is 0 Å². The van der Waals surface area contributed by atoms with Gasteiger partial charge >= 0.3 is 6.03 Å². The van der Waals surface area contributed by atoms with E-state index in [2.05, 4.69) is 20.9 Å². The Bertz CT molecular complexity index is 696. The number of nitrogens with one attached hydrogen (secondary N) is 3. The Labute approximate surface area is 148 Å². The van der Waals surface area contributed by atoms with E-state index in [1.165, 1.54) is 0 Å². The molecule has 3 amide bonds. The highest BCUT2D eigenvalue weighted by Gasteiger charge is 2.23. The second-order valence-corrected chi connectivity index (χ2v) is 6.82. The first-order valence-corrected chi connectivity index (χ1v) is 8.17. The lowest BCUT2D eigenvalue weighted by molar-refractivity contribution is -0.117. The van der Waals surface area contributed by atoms with Crippen LogP contribution in [-0.4, -0.2) is 28.5 Å². The number of aromatic nitrogens is 1. The molecule has 0 aliphatic rings. The highest BCUT2D eigenvalue weighted by atomic mass is 16.2. The summed E-state index contributed by atoms with van der Waals surface area (Å²) in [5, 5.41) is 8.39. The molecule has 25 heavy (non-hydrogen) atoms. The third-order valence-electron chi connectivity index (χ3n) is 3.34. The maximum atomic E-state index is 12.6. The number of benzene rings is 1. The lowest BCUT2D eigenvalue weighted by atomic mass is 10.1. The SMILES string of the molecule is CC(C)(C)NC(=O)N[C@@H](Cc1ccccc1)C(=O)Nc1ccncc1. The molecule has 0 spiro atoms. The van der Waals surface area contributed by atoms with Gasteiger partial charge in [0.1, 0.15) is 6.04 Å². The molecule has 3 N–H and O–H groups in total. The van der Waals surface area contributed by atoms with Crippen molar-refractivity contribution < 1.29 is 9.59 Å². The molecule has 132 valence electrons. The minimum absolute atomic E-state index is 0.279. The van der Waals surface area contributed by atoms with Crippen LogP contribution in [0, 0.1) is 0 Å². The average Bonchev–Trinajstić information content (AvgIpc) is 2.54. The number of anilines is 1. The van der Waals surface area contributed by atoms with Crippen LogP contribution in [-0.2, 0) is 11.2 Å². The molecule has 0 fully saturated rings. The molecule has 0 bridgehead atoms. The van der Waals surface area contributed by atoms with Crippen LogP contribution in [0.5, 0.6) is 0 Å². The van der Waals surface area contributed by atoms with E-state index >= 15 is 0 Å². The second-order valence-electron chi connectivity index (χ2n) is 6.82. The quantitative estimate of drug-likeness (QED) is 0.782. The minimum Gasteiger partial charge on any atom is -0.334 e. The van der Waals surface area contributed by atoms with Gasteiger partial charge in [-0.05, 0) is 38.5 Å². The first-order valence-electron chi connectivity index (χ1n) is 8.17. The fourth-order valence-electron chi connectivity index (χ4n) is 2.26. The topological polar surface area (TPSA) is 83.1 Å². The lowest BCUT2D eigenvalue weighted by Gasteiger charge is -2.24. The van der Waals surface area contributed by atoms with Crippen molar-refractivity contribution in [3.05, 3.63) is 60.4 Å². The van der Waals surface area contributed by atoms with Gasteiger partial charge in [0.2, 0.25) is 5.91 Å². The van der Waals surface area contributed by atoms with Crippen LogP contribution in [0.25, 0.3) is 0 Å². The number of rotatable bonds is 5. The molecule has 0 aliphatic carbocycles. The van der Waals surface area contributed by atoms with Gasteiger partial charge < -0.3 is 16.0 Å². The van der Waals surface area contributed by atoms with Crippen LogP contribution in [0.3, 0.4) is 0 Å². The maximum Gasteiger partial charge on any atom is 0.315 e. The van der Waals surface area contributed by atoms with Crippen molar-refractivity contribution in [3.8, 4) is 0 Å². The van der Waals surface area contributed by atoms with Gasteiger partial charge in [0.25, 0.3) is 0 Å². The van der Waals surface area contributed by atoms with E-state index in [1.54, 1.807) is 24.5 Å². The fourth-order valence-corrected chi connectivity index (χ4v) is 2.26. The first-order chi connectivity index (χ1) is 11.8. The number of hydrogen-bond acceptors (Lipinski definition) is 3. The highest BCUT2D eigenvalue weighted by molar-refractivity contribution is 5.97. The molecule has 6 heteroatoms. The molecule has 1 atom stereocenters. The molecular weight excluding hydrogens is 316 g/mol. The Morgan fingerprint density at radius 2 is 1.68 bits per heavy atom. The molecule has 0 saturated heterocycles. The maximum absolute atomic E-state index is 12.6. The summed E-state index contributed by atoms with van der Waals surface area (Å²) in [6.45, 7) is 5.65. The van der Waals surface area contributed by atoms with Crippen LogP contribution in [0.15, 0.2) is 54.9 Å². The molecule has 0 unspecified atom stereocenters. The van der Waals surface area contributed by atoms with Crippen LogP contribution in [0.2, 0.25) is 0 Å². The summed E-state index contributed by atoms with van der Waals surface area (Å²) in [5.41, 5.74) is 1.22. The van der Waals surface area contributed by atoms with Crippen LogP contribution in [0.4, 0.5) is 10.5 Å². The molecule has 6 nitrogen and oxygen atoms in total. The van der Waals surface area contributed by atoms with Crippen LogP contribution >= 0.6 is 0 Å². The van der Waals surface area contributed by atoms with Crippen LogP contribution < -0.4 is 16.0 Å². The predicted octanol–water partition coefficient (Wildman–Crippen LogP) is 2.73. The van der Waals surface area contributed by atoms with E-state index in [4.69, 9.17) is 0 Å². The van der Waals surface area contributed by atoms with Gasteiger partial charge in [-0.2, -0.15) is 0 Å². The van der Waals surface area contributed by atoms with Crippen molar-refractivity contribution in [2.75, 3.05) is 5.32 Å². The zero-order chi connectivity index (χ0) is 18.3. The predicted molar refractivity (Wildman–Crippen MR) is 98.2 cm³/mol. The summed E-state index contributed by atoms with van der Waals surface area (Å²) < 4.78 is 0. The van der Waals surface area contributed by atoms with Gasteiger partial charge in [-0.1, -0.05) is 30.3 Å². The Balaban J connectivity index is 2.10.